The second kappa shape index (κ2) is 6.84. The number of nitrogens with zero attached hydrogens (tertiary/aromatic N) is 1. The third kappa shape index (κ3) is 3.18. The van der Waals surface area contributed by atoms with Crippen molar-refractivity contribution in [1.82, 2.24) is 9.88 Å². The van der Waals surface area contributed by atoms with E-state index in [0.29, 0.717) is 30.4 Å². The molecule has 0 saturated carbocycles. The Hall–Kier alpha value is -2.79. The predicted octanol–water partition coefficient (Wildman–Crippen LogP) is 3.85. The highest BCUT2D eigenvalue weighted by Crippen LogP contribution is 2.34. The zero-order valence-corrected chi connectivity index (χ0v) is 14.7. The topological polar surface area (TPSA) is 60.3 Å². The average Bonchev–Trinajstić information content (AvgIpc) is 2.99. The van der Waals surface area contributed by atoms with Crippen molar-refractivity contribution in [3.63, 3.8) is 0 Å². The van der Waals surface area contributed by atoms with Crippen LogP contribution >= 0.6 is 11.6 Å². The highest BCUT2D eigenvalue weighted by atomic mass is 35.5. The lowest BCUT2D eigenvalue weighted by Gasteiger charge is -2.24. The van der Waals surface area contributed by atoms with Crippen LogP contribution in [-0.4, -0.2) is 16.4 Å². The average molecular weight is 369 g/mol. The smallest absolute Gasteiger partial charge is 0.249 e. The van der Waals surface area contributed by atoms with Gasteiger partial charge in [-0.2, -0.15) is 0 Å². The third-order valence-corrected chi connectivity index (χ3v) is 4.79. The van der Waals surface area contributed by atoms with E-state index in [1.54, 1.807) is 0 Å². The number of hydrogen-bond acceptors (Lipinski definition) is 3. The molecule has 1 aliphatic rings. The van der Waals surface area contributed by atoms with Gasteiger partial charge < -0.3 is 9.30 Å². The van der Waals surface area contributed by atoms with Crippen molar-refractivity contribution in [2.24, 2.45) is 0 Å². The summed E-state index contributed by atoms with van der Waals surface area (Å²) in [6.07, 6.45) is 2.69. The summed E-state index contributed by atoms with van der Waals surface area (Å²) in [6, 6.07) is 14.8. The number of aromatic nitrogens is 1. The number of benzene rings is 2. The third-order valence-electron chi connectivity index (χ3n) is 4.54. The van der Waals surface area contributed by atoms with Crippen molar-refractivity contribution < 1.29 is 14.3 Å². The van der Waals surface area contributed by atoms with Crippen molar-refractivity contribution in [2.45, 2.75) is 25.5 Å². The van der Waals surface area contributed by atoms with Gasteiger partial charge in [0.2, 0.25) is 17.7 Å². The summed E-state index contributed by atoms with van der Waals surface area (Å²) in [7, 11) is 0. The van der Waals surface area contributed by atoms with Crippen LogP contribution in [0.1, 0.15) is 24.4 Å². The molecule has 1 N–H and O–H groups in total. The van der Waals surface area contributed by atoms with Crippen LogP contribution in [0.2, 0.25) is 5.02 Å². The summed E-state index contributed by atoms with van der Waals surface area (Å²) in [4.78, 5) is 23.8. The monoisotopic (exact) mass is 368 g/mol. The van der Waals surface area contributed by atoms with Crippen LogP contribution in [0.4, 0.5) is 0 Å². The molecule has 1 atom stereocenters. The zero-order valence-electron chi connectivity index (χ0n) is 13.9. The van der Waals surface area contributed by atoms with E-state index in [1.165, 1.54) is 0 Å². The summed E-state index contributed by atoms with van der Waals surface area (Å²) >= 11 is 5.93. The molecule has 5 nitrogen and oxygen atoms in total. The van der Waals surface area contributed by atoms with Gasteiger partial charge in [0, 0.05) is 28.4 Å². The Bertz CT molecular complexity index is 978. The summed E-state index contributed by atoms with van der Waals surface area (Å²) < 4.78 is 7.94. The highest BCUT2D eigenvalue weighted by Gasteiger charge is 2.30. The largest absolute Gasteiger partial charge is 0.474 e. The second-order valence-corrected chi connectivity index (χ2v) is 6.75. The number of imide groups is 1. The normalized spacial score (nSPS) is 17.3. The first-order valence-corrected chi connectivity index (χ1v) is 8.80. The van der Waals surface area contributed by atoms with Crippen LogP contribution in [0.5, 0.6) is 5.88 Å². The first-order valence-electron chi connectivity index (χ1n) is 8.42. The number of carbonyl (C=O) groups is 2. The molecule has 1 saturated heterocycles. The molecule has 0 spiro atoms. The van der Waals surface area contributed by atoms with Crippen molar-refractivity contribution in [3.05, 3.63) is 65.3 Å². The Morgan fingerprint density at radius 1 is 1.12 bits per heavy atom. The number of rotatable bonds is 4. The molecule has 3 aromatic rings. The van der Waals surface area contributed by atoms with Crippen molar-refractivity contribution in [1.29, 1.82) is 0 Å². The molecule has 2 aromatic carbocycles. The summed E-state index contributed by atoms with van der Waals surface area (Å²) in [6.45, 7) is 0.360. The number of piperidine rings is 1. The van der Waals surface area contributed by atoms with Crippen LogP contribution < -0.4 is 10.1 Å². The summed E-state index contributed by atoms with van der Waals surface area (Å²) in [5.74, 6) is 0.106. The molecule has 0 aliphatic carbocycles. The Kier molecular flexibility index (Phi) is 4.39. The van der Waals surface area contributed by atoms with Gasteiger partial charge in [-0.25, -0.2) is 0 Å². The van der Waals surface area contributed by atoms with Gasteiger partial charge in [-0.1, -0.05) is 41.9 Å². The molecule has 1 aromatic heterocycles. The van der Waals surface area contributed by atoms with Gasteiger partial charge in [0.1, 0.15) is 12.6 Å². The van der Waals surface area contributed by atoms with Gasteiger partial charge in [0.05, 0.1) is 0 Å². The van der Waals surface area contributed by atoms with Gasteiger partial charge in [0.25, 0.3) is 0 Å². The molecular weight excluding hydrogens is 352 g/mol. The van der Waals surface area contributed by atoms with Gasteiger partial charge in [-0.3, -0.25) is 14.9 Å². The molecule has 4 rings (SSSR count). The molecular formula is C20H17ClN2O3. The van der Waals surface area contributed by atoms with E-state index in [0.717, 1.165) is 16.3 Å². The predicted molar refractivity (Wildman–Crippen MR) is 99.1 cm³/mol. The Balaban J connectivity index is 1.68. The molecule has 1 aliphatic heterocycles. The Morgan fingerprint density at radius 2 is 1.88 bits per heavy atom. The molecule has 2 heterocycles. The second-order valence-electron chi connectivity index (χ2n) is 6.31. The molecule has 0 radical (unpaired) electrons. The number of carbonyl (C=O) groups excluding carboxylic acids is 2. The Labute approximate surface area is 155 Å². The van der Waals surface area contributed by atoms with E-state index < -0.39 is 6.04 Å². The summed E-state index contributed by atoms with van der Waals surface area (Å²) in [5, 5.41) is 5.01. The van der Waals surface area contributed by atoms with Crippen molar-refractivity contribution in [2.75, 3.05) is 0 Å². The number of amides is 2. The molecule has 2 amide bonds. The number of ether oxygens (including phenoxy) is 1. The highest BCUT2D eigenvalue weighted by molar-refractivity contribution is 6.30. The van der Waals surface area contributed by atoms with E-state index in [2.05, 4.69) is 5.32 Å². The molecule has 1 fully saturated rings. The molecule has 6 heteroatoms. The van der Waals surface area contributed by atoms with E-state index in [9.17, 15) is 9.59 Å². The standard InChI is InChI=1S/C20H17ClN2O3/c21-15-7-5-13(6-8-15)12-26-20-16-4-2-1-3-14(16)11-23(20)17-9-10-18(24)22-19(17)25/h1-8,11,17H,9-10,12H2,(H,22,24,25). The lowest BCUT2D eigenvalue weighted by Crippen LogP contribution is -2.41. The van der Waals surface area contributed by atoms with E-state index in [-0.39, 0.29) is 11.8 Å². The number of fused-ring (bicyclic) bond motifs is 1. The fourth-order valence-electron chi connectivity index (χ4n) is 3.22. The lowest BCUT2D eigenvalue weighted by atomic mass is 10.1. The van der Waals surface area contributed by atoms with E-state index >= 15 is 0 Å². The maximum atomic E-state index is 12.3. The zero-order chi connectivity index (χ0) is 18.1. The number of hydrogen-bond donors (Lipinski definition) is 1. The Morgan fingerprint density at radius 3 is 2.65 bits per heavy atom. The first-order chi connectivity index (χ1) is 12.6. The fourth-order valence-corrected chi connectivity index (χ4v) is 3.34. The van der Waals surface area contributed by atoms with Crippen LogP contribution in [-0.2, 0) is 16.2 Å². The maximum Gasteiger partial charge on any atom is 0.249 e. The van der Waals surface area contributed by atoms with E-state index in [1.807, 2.05) is 59.3 Å². The minimum atomic E-state index is -0.458. The SMILES string of the molecule is O=C1CCC(n2cc3ccccc3c2OCc2ccc(Cl)cc2)C(=O)N1. The minimum absolute atomic E-state index is 0.230. The van der Waals surface area contributed by atoms with Gasteiger partial charge in [-0.05, 0) is 30.2 Å². The lowest BCUT2D eigenvalue weighted by molar-refractivity contribution is -0.135. The quantitative estimate of drug-likeness (QED) is 0.711. The van der Waals surface area contributed by atoms with Crippen LogP contribution in [0.15, 0.2) is 54.7 Å². The molecule has 132 valence electrons. The van der Waals surface area contributed by atoms with E-state index in [4.69, 9.17) is 16.3 Å². The molecule has 26 heavy (non-hydrogen) atoms. The van der Waals surface area contributed by atoms with Crippen LogP contribution in [0.3, 0.4) is 0 Å². The minimum Gasteiger partial charge on any atom is -0.474 e. The molecule has 1 unspecified atom stereocenters. The first kappa shape index (κ1) is 16.7. The van der Waals surface area contributed by atoms with Gasteiger partial charge in [0.15, 0.2) is 0 Å². The van der Waals surface area contributed by atoms with Gasteiger partial charge in [-0.15, -0.1) is 0 Å². The number of nitrogens with one attached hydrogen (secondary N) is 1. The summed E-state index contributed by atoms with van der Waals surface area (Å²) in [5.41, 5.74) is 0.981. The van der Waals surface area contributed by atoms with Gasteiger partial charge >= 0.3 is 0 Å². The van der Waals surface area contributed by atoms with Crippen molar-refractivity contribution >= 4 is 34.2 Å². The van der Waals surface area contributed by atoms with Crippen LogP contribution in [0.25, 0.3) is 10.8 Å². The molecule has 0 bridgehead atoms. The van der Waals surface area contributed by atoms with Crippen molar-refractivity contribution in [3.8, 4) is 5.88 Å². The maximum absolute atomic E-state index is 12.3. The number of halogens is 1. The fraction of sp³-hybridized carbons (Fsp3) is 0.200. The van der Waals surface area contributed by atoms with Crippen LogP contribution in [0, 0.1) is 0 Å².